The molecule has 0 heterocycles. The van der Waals surface area contributed by atoms with Gasteiger partial charge in [0.2, 0.25) is 0 Å². The Morgan fingerprint density at radius 2 is 2.00 bits per heavy atom. The molecule has 0 aromatic heterocycles. The van der Waals surface area contributed by atoms with Crippen LogP contribution >= 0.6 is 15.9 Å². The zero-order valence-corrected chi connectivity index (χ0v) is 11.9. The Kier molecular flexibility index (Phi) is 4.40. The minimum atomic E-state index is -4.41. The maximum absolute atomic E-state index is 12.8. The molecule has 1 aliphatic carbocycles. The maximum Gasteiger partial charge on any atom is 0.419 e. The van der Waals surface area contributed by atoms with Crippen LogP contribution in [0.25, 0.3) is 0 Å². The number of alkyl halides is 4. The molecule has 0 bridgehead atoms. The maximum atomic E-state index is 12.8. The Hall–Kier alpha value is -0.750. The van der Waals surface area contributed by atoms with Crippen LogP contribution in [0, 0.1) is 0 Å². The summed E-state index contributed by atoms with van der Waals surface area (Å²) >= 11 is 3.41. The van der Waals surface area contributed by atoms with Gasteiger partial charge in [-0.2, -0.15) is 13.2 Å². The van der Waals surface area contributed by atoms with Gasteiger partial charge in [0.05, 0.1) is 5.56 Å². The van der Waals surface area contributed by atoms with Gasteiger partial charge in [0.15, 0.2) is 0 Å². The van der Waals surface area contributed by atoms with E-state index in [1.54, 1.807) is 0 Å². The highest BCUT2D eigenvalue weighted by Gasteiger charge is 2.43. The third kappa shape index (κ3) is 3.23. The van der Waals surface area contributed by atoms with Crippen LogP contribution in [0.2, 0.25) is 0 Å². The van der Waals surface area contributed by atoms with Crippen molar-refractivity contribution in [1.82, 2.24) is 0 Å². The van der Waals surface area contributed by atoms with Crippen LogP contribution in [0.3, 0.4) is 0 Å². The average Bonchev–Trinajstić information content (AvgIpc) is 2.35. The van der Waals surface area contributed by atoms with Crippen LogP contribution in [0.15, 0.2) is 24.3 Å². The fraction of sp³-hybridized carbons (Fsp3) is 0.538. The highest BCUT2D eigenvalue weighted by Crippen LogP contribution is 2.39. The first-order valence-corrected chi connectivity index (χ1v) is 6.93. The summed E-state index contributed by atoms with van der Waals surface area (Å²) in [6.07, 6.45) is -4.31. The fourth-order valence-electron chi connectivity index (χ4n) is 2.01. The van der Waals surface area contributed by atoms with E-state index in [0.29, 0.717) is 13.0 Å². The molecule has 2 nitrogen and oxygen atoms in total. The largest absolute Gasteiger partial charge is 0.487 e. The molecule has 6 heteroatoms. The molecule has 0 amide bonds. The normalized spacial score (nSPS) is 26.9. The minimum Gasteiger partial charge on any atom is -0.487 e. The smallest absolute Gasteiger partial charge is 0.419 e. The highest BCUT2D eigenvalue weighted by atomic mass is 79.9. The lowest BCUT2D eigenvalue weighted by Crippen LogP contribution is -2.52. The lowest BCUT2D eigenvalue weighted by atomic mass is 9.91. The predicted molar refractivity (Wildman–Crippen MR) is 68.6 cm³/mol. The first-order valence-electron chi connectivity index (χ1n) is 6.02. The Morgan fingerprint density at radius 1 is 1.32 bits per heavy atom. The Morgan fingerprint density at radius 3 is 2.58 bits per heavy atom. The molecule has 0 saturated heterocycles. The SMILES string of the molecule is CCOC1C(Br)CC1Oc1ccccc1C(F)(F)F. The van der Waals surface area contributed by atoms with Crippen LogP contribution < -0.4 is 4.74 Å². The number of hydrogen-bond acceptors (Lipinski definition) is 2. The Balaban J connectivity index is 2.12. The van der Waals surface area contributed by atoms with Crippen molar-refractivity contribution >= 4 is 15.9 Å². The van der Waals surface area contributed by atoms with Crippen molar-refractivity contribution in [3.8, 4) is 5.75 Å². The topological polar surface area (TPSA) is 18.5 Å². The number of halogens is 4. The summed E-state index contributed by atoms with van der Waals surface area (Å²) in [6, 6.07) is 5.25. The van der Waals surface area contributed by atoms with E-state index in [1.807, 2.05) is 6.92 Å². The van der Waals surface area contributed by atoms with Crippen LogP contribution in [0.1, 0.15) is 18.9 Å². The molecule has 19 heavy (non-hydrogen) atoms. The van der Waals surface area contributed by atoms with Gasteiger partial charge in [0.25, 0.3) is 0 Å². The standard InChI is InChI=1S/C13H14BrF3O2/c1-2-18-12-9(14)7-11(12)19-10-6-4-3-5-8(10)13(15,16)17/h3-6,9,11-12H,2,7H2,1H3. The van der Waals surface area contributed by atoms with Crippen LogP contribution in [0.4, 0.5) is 13.2 Å². The molecular formula is C13H14BrF3O2. The predicted octanol–water partition coefficient (Wildman–Crippen LogP) is 4.03. The molecule has 2 rings (SSSR count). The molecule has 1 aliphatic rings. The fourth-order valence-corrected chi connectivity index (χ4v) is 2.87. The van der Waals surface area contributed by atoms with Crippen molar-refractivity contribution in [2.75, 3.05) is 6.61 Å². The second kappa shape index (κ2) is 5.71. The van der Waals surface area contributed by atoms with Gasteiger partial charge in [-0.1, -0.05) is 28.1 Å². The van der Waals surface area contributed by atoms with Crippen LogP contribution in [-0.2, 0) is 10.9 Å². The van der Waals surface area contributed by atoms with Crippen LogP contribution in [0.5, 0.6) is 5.75 Å². The Bertz CT molecular complexity index is 436. The summed E-state index contributed by atoms with van der Waals surface area (Å²) in [6.45, 7) is 2.35. The lowest BCUT2D eigenvalue weighted by Gasteiger charge is -2.41. The zero-order valence-electron chi connectivity index (χ0n) is 10.3. The van der Waals surface area contributed by atoms with Crippen molar-refractivity contribution < 1.29 is 22.6 Å². The number of hydrogen-bond donors (Lipinski definition) is 0. The van der Waals surface area contributed by atoms with E-state index >= 15 is 0 Å². The van der Waals surface area contributed by atoms with Crippen molar-refractivity contribution in [1.29, 1.82) is 0 Å². The van der Waals surface area contributed by atoms with Gasteiger partial charge >= 0.3 is 6.18 Å². The molecule has 1 aromatic carbocycles. The van der Waals surface area contributed by atoms with Gasteiger partial charge in [0, 0.05) is 17.9 Å². The van der Waals surface area contributed by atoms with E-state index in [2.05, 4.69) is 15.9 Å². The molecule has 1 aromatic rings. The number of benzene rings is 1. The molecule has 1 fully saturated rings. The summed E-state index contributed by atoms with van der Waals surface area (Å²) in [4.78, 5) is 0.135. The highest BCUT2D eigenvalue weighted by molar-refractivity contribution is 9.09. The number of rotatable bonds is 4. The van der Waals surface area contributed by atoms with Crippen molar-refractivity contribution in [3.63, 3.8) is 0 Å². The molecule has 0 N–H and O–H groups in total. The van der Waals surface area contributed by atoms with Gasteiger partial charge in [-0.15, -0.1) is 0 Å². The summed E-state index contributed by atoms with van der Waals surface area (Å²) in [5.41, 5.74) is -0.747. The molecule has 106 valence electrons. The van der Waals surface area contributed by atoms with Gasteiger partial charge in [-0.25, -0.2) is 0 Å². The monoisotopic (exact) mass is 338 g/mol. The van der Waals surface area contributed by atoms with Gasteiger partial charge in [-0.05, 0) is 19.1 Å². The molecule has 1 saturated carbocycles. The minimum absolute atomic E-state index is 0.135. The zero-order chi connectivity index (χ0) is 14.0. The number of ether oxygens (including phenoxy) is 2. The molecular weight excluding hydrogens is 325 g/mol. The third-order valence-corrected chi connectivity index (χ3v) is 3.91. The molecule has 0 radical (unpaired) electrons. The van der Waals surface area contributed by atoms with E-state index in [4.69, 9.17) is 9.47 Å². The number of para-hydroxylation sites is 1. The third-order valence-electron chi connectivity index (χ3n) is 3.01. The van der Waals surface area contributed by atoms with Crippen molar-refractivity contribution in [3.05, 3.63) is 29.8 Å². The van der Waals surface area contributed by atoms with E-state index in [9.17, 15) is 13.2 Å². The van der Waals surface area contributed by atoms with Gasteiger partial charge < -0.3 is 9.47 Å². The van der Waals surface area contributed by atoms with Gasteiger partial charge in [-0.3, -0.25) is 0 Å². The molecule has 0 aliphatic heterocycles. The van der Waals surface area contributed by atoms with Gasteiger partial charge in [0.1, 0.15) is 18.0 Å². The van der Waals surface area contributed by atoms with E-state index in [0.717, 1.165) is 6.07 Å². The summed E-state index contributed by atoms with van der Waals surface area (Å²) in [5, 5.41) is 0. The summed E-state index contributed by atoms with van der Waals surface area (Å²) in [7, 11) is 0. The quantitative estimate of drug-likeness (QED) is 0.772. The first-order chi connectivity index (χ1) is 8.93. The van der Waals surface area contributed by atoms with E-state index in [1.165, 1.54) is 18.2 Å². The summed E-state index contributed by atoms with van der Waals surface area (Å²) < 4.78 is 49.4. The molecule has 3 atom stereocenters. The molecule has 3 unspecified atom stereocenters. The second-order valence-corrected chi connectivity index (χ2v) is 5.50. The molecule has 0 spiro atoms. The van der Waals surface area contributed by atoms with E-state index < -0.39 is 11.7 Å². The second-order valence-electron chi connectivity index (χ2n) is 4.32. The average molecular weight is 339 g/mol. The Labute approximate surface area is 118 Å². The summed E-state index contributed by atoms with van der Waals surface area (Å²) in [5.74, 6) is -0.135. The van der Waals surface area contributed by atoms with E-state index in [-0.39, 0.29) is 22.8 Å². The van der Waals surface area contributed by atoms with Crippen molar-refractivity contribution in [2.45, 2.75) is 36.6 Å². The first kappa shape index (κ1) is 14.7. The lowest BCUT2D eigenvalue weighted by molar-refractivity contribution is -0.141. The van der Waals surface area contributed by atoms with Crippen LogP contribution in [-0.4, -0.2) is 23.6 Å². The van der Waals surface area contributed by atoms with Crippen molar-refractivity contribution in [2.24, 2.45) is 0 Å².